The predicted octanol–water partition coefficient (Wildman–Crippen LogP) is 1.37. The number of fused-ring (bicyclic) bond motifs is 3. The zero-order valence-electron chi connectivity index (χ0n) is 11.9. The van der Waals surface area contributed by atoms with Crippen molar-refractivity contribution in [2.24, 2.45) is 11.7 Å². The number of hydrogen-bond acceptors (Lipinski definition) is 3. The maximum atomic E-state index is 12.4. The quantitative estimate of drug-likeness (QED) is 0.867. The Morgan fingerprint density at radius 1 is 1.29 bits per heavy atom. The third-order valence-electron chi connectivity index (χ3n) is 5.17. The smallest absolute Gasteiger partial charge is 0.240 e. The summed E-state index contributed by atoms with van der Waals surface area (Å²) in [7, 11) is 0. The summed E-state index contributed by atoms with van der Waals surface area (Å²) in [5, 5.41) is 3.19. The van der Waals surface area contributed by atoms with Crippen molar-refractivity contribution in [2.75, 3.05) is 13.2 Å². The van der Waals surface area contributed by atoms with Gasteiger partial charge in [0.05, 0.1) is 5.54 Å². The number of benzene rings is 1. The van der Waals surface area contributed by atoms with Crippen molar-refractivity contribution in [3.05, 3.63) is 35.4 Å². The summed E-state index contributed by atoms with van der Waals surface area (Å²) < 4.78 is 5.30. The van der Waals surface area contributed by atoms with Crippen LogP contribution in [0.2, 0.25) is 0 Å². The molecule has 114 valence electrons. The van der Waals surface area contributed by atoms with E-state index in [1.54, 1.807) is 0 Å². The highest BCUT2D eigenvalue weighted by molar-refractivity contribution is 5.87. The Balaban J connectivity index is 0.00000132. The molecular formula is C16H21ClN2O2. The van der Waals surface area contributed by atoms with Gasteiger partial charge in [-0.05, 0) is 36.3 Å². The molecule has 1 aromatic rings. The molecule has 3 unspecified atom stereocenters. The van der Waals surface area contributed by atoms with E-state index < -0.39 is 5.54 Å². The molecule has 1 heterocycles. The summed E-state index contributed by atoms with van der Waals surface area (Å²) in [5.74, 6) is 1.11. The number of halogens is 1. The molecule has 2 aliphatic carbocycles. The summed E-state index contributed by atoms with van der Waals surface area (Å²) in [6.07, 6.45) is 2.33. The van der Waals surface area contributed by atoms with Crippen molar-refractivity contribution in [1.82, 2.24) is 5.32 Å². The van der Waals surface area contributed by atoms with Crippen molar-refractivity contribution in [1.29, 1.82) is 0 Å². The predicted molar refractivity (Wildman–Crippen MR) is 82.5 cm³/mol. The van der Waals surface area contributed by atoms with Crippen LogP contribution in [0.25, 0.3) is 0 Å². The lowest BCUT2D eigenvalue weighted by Gasteiger charge is -2.32. The standard InChI is InChI=1S/C16H20N2O2.ClH/c17-16(5-7-20-8-6-16)15(19)18-14-12-9-10-3-1-2-4-11(10)13(12)14;/h1-4,12-14H,5-9,17H2,(H,18,19);1H. The molecule has 0 spiro atoms. The van der Waals surface area contributed by atoms with Crippen LogP contribution in [-0.2, 0) is 16.0 Å². The molecule has 1 aromatic carbocycles. The molecule has 5 heteroatoms. The van der Waals surface area contributed by atoms with Crippen LogP contribution in [0.3, 0.4) is 0 Å². The van der Waals surface area contributed by atoms with Crippen molar-refractivity contribution in [2.45, 2.75) is 36.8 Å². The Morgan fingerprint density at radius 2 is 2.00 bits per heavy atom. The number of ether oxygens (including phenoxy) is 1. The maximum Gasteiger partial charge on any atom is 0.240 e. The highest BCUT2D eigenvalue weighted by Gasteiger charge is 2.57. The molecule has 4 rings (SSSR count). The lowest BCUT2D eigenvalue weighted by atomic mass is 9.90. The number of amides is 1. The lowest BCUT2D eigenvalue weighted by Crippen LogP contribution is -2.57. The van der Waals surface area contributed by atoms with Gasteiger partial charge >= 0.3 is 0 Å². The highest BCUT2D eigenvalue weighted by atomic mass is 35.5. The fourth-order valence-electron chi connectivity index (χ4n) is 3.81. The second-order valence-corrected chi connectivity index (χ2v) is 6.36. The molecule has 0 radical (unpaired) electrons. The van der Waals surface area contributed by atoms with E-state index in [2.05, 4.69) is 29.6 Å². The van der Waals surface area contributed by atoms with Gasteiger partial charge in [0.1, 0.15) is 0 Å². The minimum atomic E-state index is -0.728. The highest BCUT2D eigenvalue weighted by Crippen LogP contribution is 2.56. The molecule has 3 aliphatic rings. The molecule has 1 saturated heterocycles. The molecule has 2 fully saturated rings. The minimum absolute atomic E-state index is 0. The van der Waals surface area contributed by atoms with Gasteiger partial charge in [-0.25, -0.2) is 0 Å². The summed E-state index contributed by atoms with van der Waals surface area (Å²) >= 11 is 0. The summed E-state index contributed by atoms with van der Waals surface area (Å²) in [6.45, 7) is 1.18. The Morgan fingerprint density at radius 3 is 2.76 bits per heavy atom. The minimum Gasteiger partial charge on any atom is -0.381 e. The second kappa shape index (κ2) is 5.27. The third kappa shape index (κ3) is 2.35. The van der Waals surface area contributed by atoms with Crippen molar-refractivity contribution < 1.29 is 9.53 Å². The first-order valence-corrected chi connectivity index (χ1v) is 7.44. The molecule has 4 nitrogen and oxygen atoms in total. The van der Waals surface area contributed by atoms with Crippen molar-refractivity contribution in [3.63, 3.8) is 0 Å². The monoisotopic (exact) mass is 308 g/mol. The topological polar surface area (TPSA) is 64.4 Å². The van der Waals surface area contributed by atoms with Gasteiger partial charge in [0, 0.05) is 25.2 Å². The Hall–Kier alpha value is -1.10. The number of nitrogens with two attached hydrogens (primary N) is 1. The molecule has 0 aromatic heterocycles. The average Bonchev–Trinajstić information content (AvgIpc) is 2.97. The van der Waals surface area contributed by atoms with E-state index in [4.69, 9.17) is 10.5 Å². The first-order chi connectivity index (χ1) is 9.69. The lowest BCUT2D eigenvalue weighted by molar-refractivity contribution is -0.130. The first kappa shape index (κ1) is 14.8. The van der Waals surface area contributed by atoms with E-state index in [1.807, 2.05) is 0 Å². The number of rotatable bonds is 2. The van der Waals surface area contributed by atoms with E-state index in [0.717, 1.165) is 6.42 Å². The molecule has 3 atom stereocenters. The van der Waals surface area contributed by atoms with E-state index in [9.17, 15) is 4.79 Å². The van der Waals surface area contributed by atoms with Gasteiger partial charge in [-0.15, -0.1) is 12.4 Å². The molecule has 21 heavy (non-hydrogen) atoms. The van der Waals surface area contributed by atoms with Gasteiger partial charge in [0.25, 0.3) is 0 Å². The van der Waals surface area contributed by atoms with Crippen LogP contribution >= 0.6 is 12.4 Å². The number of carbonyl (C=O) groups excluding carboxylic acids is 1. The zero-order valence-corrected chi connectivity index (χ0v) is 12.7. The van der Waals surface area contributed by atoms with E-state index in [-0.39, 0.29) is 18.3 Å². The van der Waals surface area contributed by atoms with E-state index in [0.29, 0.717) is 43.9 Å². The molecule has 1 aliphatic heterocycles. The van der Waals surface area contributed by atoms with Crippen LogP contribution in [0.5, 0.6) is 0 Å². The Kier molecular flexibility index (Phi) is 3.72. The SMILES string of the molecule is Cl.NC1(C(=O)NC2C3Cc4ccccc4C32)CCOCC1. The van der Waals surface area contributed by atoms with Gasteiger partial charge in [-0.2, -0.15) is 0 Å². The molecule has 0 bridgehead atoms. The van der Waals surface area contributed by atoms with Crippen molar-refractivity contribution in [3.8, 4) is 0 Å². The van der Waals surface area contributed by atoms with Gasteiger partial charge in [0.15, 0.2) is 0 Å². The largest absolute Gasteiger partial charge is 0.381 e. The molecular weight excluding hydrogens is 288 g/mol. The first-order valence-electron chi connectivity index (χ1n) is 7.44. The van der Waals surface area contributed by atoms with Crippen LogP contribution in [0.4, 0.5) is 0 Å². The molecule has 3 N–H and O–H groups in total. The van der Waals surface area contributed by atoms with Gasteiger partial charge < -0.3 is 15.8 Å². The number of nitrogens with one attached hydrogen (secondary N) is 1. The third-order valence-corrected chi connectivity index (χ3v) is 5.17. The van der Waals surface area contributed by atoms with Crippen LogP contribution in [-0.4, -0.2) is 30.7 Å². The Labute approximate surface area is 130 Å². The van der Waals surface area contributed by atoms with E-state index >= 15 is 0 Å². The van der Waals surface area contributed by atoms with Gasteiger partial charge in [-0.3, -0.25) is 4.79 Å². The van der Waals surface area contributed by atoms with Crippen LogP contribution in [0, 0.1) is 5.92 Å². The second-order valence-electron chi connectivity index (χ2n) is 6.36. The van der Waals surface area contributed by atoms with Crippen LogP contribution < -0.4 is 11.1 Å². The summed E-state index contributed by atoms with van der Waals surface area (Å²) in [4.78, 5) is 12.4. The number of carbonyl (C=O) groups is 1. The normalized spacial score (nSPS) is 31.6. The summed E-state index contributed by atoms with van der Waals surface area (Å²) in [6, 6.07) is 8.86. The fraction of sp³-hybridized carbons (Fsp3) is 0.562. The average molecular weight is 309 g/mol. The number of hydrogen-bond donors (Lipinski definition) is 2. The summed E-state index contributed by atoms with van der Waals surface area (Å²) in [5.41, 5.74) is 8.37. The Bertz CT molecular complexity index is 557. The fourth-order valence-corrected chi connectivity index (χ4v) is 3.81. The van der Waals surface area contributed by atoms with Crippen LogP contribution in [0.1, 0.15) is 29.9 Å². The molecule has 1 amide bonds. The maximum absolute atomic E-state index is 12.4. The van der Waals surface area contributed by atoms with Crippen LogP contribution in [0.15, 0.2) is 24.3 Å². The van der Waals surface area contributed by atoms with Crippen molar-refractivity contribution >= 4 is 18.3 Å². The zero-order chi connectivity index (χ0) is 13.7. The van der Waals surface area contributed by atoms with Gasteiger partial charge in [0.2, 0.25) is 5.91 Å². The molecule has 1 saturated carbocycles. The van der Waals surface area contributed by atoms with Gasteiger partial charge in [-0.1, -0.05) is 24.3 Å². The van der Waals surface area contributed by atoms with E-state index in [1.165, 1.54) is 11.1 Å².